The van der Waals surface area contributed by atoms with Gasteiger partial charge in [0.1, 0.15) is 18.5 Å². The van der Waals surface area contributed by atoms with Crippen LogP contribution in [0.2, 0.25) is 0 Å². The van der Waals surface area contributed by atoms with Gasteiger partial charge in [-0.15, -0.1) is 5.10 Å². The standard InChI is InChI=1S/C19H26N4O2/c1-15-6-2-3-8-18(15)25-14-17(24)13-20-12-16-7-5-11-23(16)19-9-4-10-21-22-19/h2-4,6,8-10,16-17,20,24H,5,7,11-14H2,1H3/t16-,17+/m1/s1. The minimum absolute atomic E-state index is 0.288. The second-order valence-corrected chi connectivity index (χ2v) is 6.46. The molecule has 1 fully saturated rings. The molecule has 1 aliphatic rings. The van der Waals surface area contributed by atoms with E-state index in [-0.39, 0.29) is 6.61 Å². The van der Waals surface area contributed by atoms with Crippen molar-refractivity contribution in [1.82, 2.24) is 15.5 Å². The van der Waals surface area contributed by atoms with Gasteiger partial charge < -0.3 is 20.1 Å². The number of rotatable bonds is 8. The molecule has 2 N–H and O–H groups in total. The topological polar surface area (TPSA) is 70.5 Å². The lowest BCUT2D eigenvalue weighted by Crippen LogP contribution is -2.41. The SMILES string of the molecule is Cc1ccccc1OC[C@@H](O)CNC[C@H]1CCCN1c1cccnn1. The van der Waals surface area contributed by atoms with Crippen molar-refractivity contribution in [2.45, 2.75) is 31.9 Å². The summed E-state index contributed by atoms with van der Waals surface area (Å²) in [4.78, 5) is 2.29. The van der Waals surface area contributed by atoms with E-state index in [1.54, 1.807) is 6.20 Å². The lowest BCUT2D eigenvalue weighted by atomic mass is 10.2. The highest BCUT2D eigenvalue weighted by atomic mass is 16.5. The van der Waals surface area contributed by atoms with Crippen LogP contribution in [0.4, 0.5) is 5.82 Å². The van der Waals surface area contributed by atoms with Gasteiger partial charge in [0.05, 0.1) is 0 Å². The molecular formula is C19H26N4O2. The Hall–Kier alpha value is -2.18. The van der Waals surface area contributed by atoms with Crippen LogP contribution in [0.15, 0.2) is 42.6 Å². The molecule has 1 aliphatic heterocycles. The molecule has 0 spiro atoms. The maximum absolute atomic E-state index is 10.1. The minimum Gasteiger partial charge on any atom is -0.491 e. The molecular weight excluding hydrogens is 316 g/mol. The Kier molecular flexibility index (Phi) is 6.19. The molecule has 6 nitrogen and oxygen atoms in total. The Morgan fingerprint density at radius 3 is 3.00 bits per heavy atom. The van der Waals surface area contributed by atoms with Crippen molar-refractivity contribution < 1.29 is 9.84 Å². The summed E-state index contributed by atoms with van der Waals surface area (Å²) in [6, 6.07) is 12.1. The number of aliphatic hydroxyl groups is 1. The van der Waals surface area contributed by atoms with Crippen LogP contribution in [0.5, 0.6) is 5.75 Å². The molecule has 2 heterocycles. The third kappa shape index (κ3) is 4.90. The van der Waals surface area contributed by atoms with Crippen molar-refractivity contribution in [1.29, 1.82) is 0 Å². The maximum atomic E-state index is 10.1. The van der Waals surface area contributed by atoms with Gasteiger partial charge in [0.2, 0.25) is 0 Å². The normalized spacial score (nSPS) is 18.3. The van der Waals surface area contributed by atoms with Crippen LogP contribution in [0.25, 0.3) is 0 Å². The number of hydrogen-bond acceptors (Lipinski definition) is 6. The van der Waals surface area contributed by atoms with Gasteiger partial charge in [0.15, 0.2) is 5.82 Å². The number of nitrogens with one attached hydrogen (secondary N) is 1. The van der Waals surface area contributed by atoms with Gasteiger partial charge in [-0.25, -0.2) is 0 Å². The van der Waals surface area contributed by atoms with Crippen molar-refractivity contribution in [2.75, 3.05) is 31.1 Å². The smallest absolute Gasteiger partial charge is 0.151 e. The fourth-order valence-corrected chi connectivity index (χ4v) is 3.18. The van der Waals surface area contributed by atoms with Gasteiger partial charge in [-0.05, 0) is 43.5 Å². The van der Waals surface area contributed by atoms with Crippen LogP contribution in [-0.4, -0.2) is 53.7 Å². The first-order valence-corrected chi connectivity index (χ1v) is 8.85. The van der Waals surface area contributed by atoms with Crippen molar-refractivity contribution in [3.05, 3.63) is 48.2 Å². The molecule has 1 saturated heterocycles. The van der Waals surface area contributed by atoms with Gasteiger partial charge in [0.25, 0.3) is 0 Å². The molecule has 134 valence electrons. The zero-order chi connectivity index (χ0) is 17.5. The minimum atomic E-state index is -0.536. The summed E-state index contributed by atoms with van der Waals surface area (Å²) in [6.07, 6.45) is 3.43. The highest BCUT2D eigenvalue weighted by Crippen LogP contribution is 2.22. The molecule has 3 rings (SSSR count). The van der Waals surface area contributed by atoms with E-state index in [1.807, 2.05) is 43.3 Å². The number of aromatic nitrogens is 2. The fraction of sp³-hybridized carbons (Fsp3) is 0.474. The van der Waals surface area contributed by atoms with E-state index < -0.39 is 6.10 Å². The first-order valence-electron chi connectivity index (χ1n) is 8.85. The second-order valence-electron chi connectivity index (χ2n) is 6.46. The number of hydrogen-bond donors (Lipinski definition) is 2. The summed E-state index contributed by atoms with van der Waals surface area (Å²) in [5.41, 5.74) is 1.08. The summed E-state index contributed by atoms with van der Waals surface area (Å²) < 4.78 is 5.69. The first-order chi connectivity index (χ1) is 12.2. The molecule has 2 atom stereocenters. The molecule has 0 saturated carbocycles. The summed E-state index contributed by atoms with van der Waals surface area (Å²) in [6.45, 7) is 4.62. The largest absolute Gasteiger partial charge is 0.491 e. The molecule has 1 aromatic heterocycles. The quantitative estimate of drug-likeness (QED) is 0.762. The number of nitrogens with zero attached hydrogens (tertiary/aromatic N) is 3. The van der Waals surface area contributed by atoms with Crippen molar-refractivity contribution >= 4 is 5.82 Å². The third-order valence-electron chi connectivity index (χ3n) is 4.51. The number of para-hydroxylation sites is 1. The Morgan fingerprint density at radius 2 is 2.20 bits per heavy atom. The Labute approximate surface area is 148 Å². The van der Waals surface area contributed by atoms with Gasteiger partial charge >= 0.3 is 0 Å². The molecule has 0 bridgehead atoms. The zero-order valence-electron chi connectivity index (χ0n) is 14.6. The lowest BCUT2D eigenvalue weighted by molar-refractivity contribution is 0.106. The monoisotopic (exact) mass is 342 g/mol. The number of aliphatic hydroxyl groups excluding tert-OH is 1. The van der Waals surface area contributed by atoms with Crippen LogP contribution >= 0.6 is 0 Å². The predicted octanol–water partition coefficient (Wildman–Crippen LogP) is 1.78. The number of ether oxygens (including phenoxy) is 1. The zero-order valence-corrected chi connectivity index (χ0v) is 14.6. The molecule has 2 aromatic rings. The fourth-order valence-electron chi connectivity index (χ4n) is 3.18. The van der Waals surface area contributed by atoms with Crippen LogP contribution in [0.3, 0.4) is 0 Å². The number of benzene rings is 1. The average Bonchev–Trinajstić information content (AvgIpc) is 3.10. The van der Waals surface area contributed by atoms with E-state index in [4.69, 9.17) is 4.74 Å². The van der Waals surface area contributed by atoms with E-state index in [0.29, 0.717) is 12.6 Å². The number of anilines is 1. The molecule has 6 heteroatoms. The van der Waals surface area contributed by atoms with E-state index in [1.165, 1.54) is 0 Å². The molecule has 0 amide bonds. The first kappa shape index (κ1) is 17.6. The van der Waals surface area contributed by atoms with E-state index in [0.717, 1.165) is 43.1 Å². The van der Waals surface area contributed by atoms with E-state index in [2.05, 4.69) is 20.4 Å². The third-order valence-corrected chi connectivity index (χ3v) is 4.51. The highest BCUT2D eigenvalue weighted by molar-refractivity contribution is 5.39. The summed E-state index contributed by atoms with van der Waals surface area (Å²) in [5.74, 6) is 1.75. The van der Waals surface area contributed by atoms with Crippen molar-refractivity contribution in [2.24, 2.45) is 0 Å². The van der Waals surface area contributed by atoms with Gasteiger partial charge in [-0.2, -0.15) is 5.10 Å². The molecule has 0 radical (unpaired) electrons. The highest BCUT2D eigenvalue weighted by Gasteiger charge is 2.25. The van der Waals surface area contributed by atoms with Crippen molar-refractivity contribution in [3.8, 4) is 5.75 Å². The van der Waals surface area contributed by atoms with Gasteiger partial charge in [0, 0.05) is 31.9 Å². The summed E-state index contributed by atoms with van der Waals surface area (Å²) in [7, 11) is 0. The summed E-state index contributed by atoms with van der Waals surface area (Å²) >= 11 is 0. The summed E-state index contributed by atoms with van der Waals surface area (Å²) in [5, 5.41) is 21.7. The van der Waals surface area contributed by atoms with Crippen LogP contribution in [0, 0.1) is 6.92 Å². The lowest BCUT2D eigenvalue weighted by Gasteiger charge is -2.26. The van der Waals surface area contributed by atoms with Gasteiger partial charge in [-0.1, -0.05) is 18.2 Å². The van der Waals surface area contributed by atoms with E-state index in [9.17, 15) is 5.11 Å². The Morgan fingerprint density at radius 1 is 1.32 bits per heavy atom. The van der Waals surface area contributed by atoms with Crippen LogP contribution < -0.4 is 15.0 Å². The molecule has 0 aliphatic carbocycles. The second kappa shape index (κ2) is 8.78. The van der Waals surface area contributed by atoms with Crippen LogP contribution in [0.1, 0.15) is 18.4 Å². The maximum Gasteiger partial charge on any atom is 0.151 e. The Balaban J connectivity index is 1.41. The predicted molar refractivity (Wildman–Crippen MR) is 98.0 cm³/mol. The Bertz CT molecular complexity index is 653. The number of aryl methyl sites for hydroxylation is 1. The molecule has 0 unspecified atom stereocenters. The molecule has 1 aromatic carbocycles. The van der Waals surface area contributed by atoms with Crippen molar-refractivity contribution in [3.63, 3.8) is 0 Å². The van der Waals surface area contributed by atoms with E-state index >= 15 is 0 Å². The van der Waals surface area contributed by atoms with Crippen LogP contribution in [-0.2, 0) is 0 Å². The van der Waals surface area contributed by atoms with Gasteiger partial charge in [-0.3, -0.25) is 0 Å². The average molecular weight is 342 g/mol. The molecule has 25 heavy (non-hydrogen) atoms.